The van der Waals surface area contributed by atoms with Crippen molar-refractivity contribution in [3.63, 3.8) is 0 Å². The number of benzene rings is 2. The highest BCUT2D eigenvalue weighted by Crippen LogP contribution is 2.42. The molecule has 7 rings (SSSR count). The number of ether oxygens (including phenoxy) is 3. The van der Waals surface area contributed by atoms with Crippen LogP contribution in [-0.2, 0) is 20.9 Å². The number of rotatable bonds is 9. The van der Waals surface area contributed by atoms with Gasteiger partial charge in [-0.1, -0.05) is 13.0 Å². The lowest BCUT2D eigenvalue weighted by Crippen LogP contribution is -2.43. The smallest absolute Gasteiger partial charge is 0.319 e. The van der Waals surface area contributed by atoms with Crippen LogP contribution in [0.5, 0.6) is 11.8 Å². The number of pyridine rings is 1. The van der Waals surface area contributed by atoms with Crippen LogP contribution in [0.2, 0.25) is 0 Å². The molecule has 0 saturated carbocycles. The summed E-state index contributed by atoms with van der Waals surface area (Å²) in [6.45, 7) is 3.65. The van der Waals surface area contributed by atoms with Crippen LogP contribution in [-0.4, -0.2) is 94.0 Å². The minimum Gasteiger partial charge on any atom is -0.468 e. The number of nitrogens with zero attached hydrogens (tertiary/aromatic N) is 5. The largest absolute Gasteiger partial charge is 0.468 e. The highest BCUT2D eigenvalue weighted by molar-refractivity contribution is 7.92. The van der Waals surface area contributed by atoms with Gasteiger partial charge in [0.2, 0.25) is 0 Å². The Morgan fingerprint density at radius 1 is 1.13 bits per heavy atom. The van der Waals surface area contributed by atoms with Crippen LogP contribution in [0.3, 0.4) is 0 Å². The second-order valence-corrected chi connectivity index (χ2v) is 15.0. The summed E-state index contributed by atoms with van der Waals surface area (Å²) >= 11 is 0. The highest BCUT2D eigenvalue weighted by atomic mass is 32.2. The van der Waals surface area contributed by atoms with E-state index in [-0.39, 0.29) is 55.2 Å². The van der Waals surface area contributed by atoms with Crippen molar-refractivity contribution in [1.82, 2.24) is 19.9 Å². The number of hydrogen-bond donors (Lipinski definition) is 1. The Morgan fingerprint density at radius 3 is 2.70 bits per heavy atom. The van der Waals surface area contributed by atoms with Gasteiger partial charge in [0.05, 0.1) is 10.9 Å². The minimum atomic E-state index is -2.72. The third-order valence-electron chi connectivity index (χ3n) is 9.65. The molecule has 0 bridgehead atoms. The fourth-order valence-electron chi connectivity index (χ4n) is 7.33. The number of nitrogens with one attached hydrogen (secondary N) is 1. The van der Waals surface area contributed by atoms with Gasteiger partial charge in [0.25, 0.3) is 0 Å². The quantitative estimate of drug-likeness (QED) is 0.231. The van der Waals surface area contributed by atoms with E-state index in [2.05, 4.69) is 19.9 Å². The fraction of sp³-hybridized carbons (Fsp3) is 0.485. The zero-order valence-electron chi connectivity index (χ0n) is 26.4. The van der Waals surface area contributed by atoms with E-state index in [9.17, 15) is 8.60 Å². The molecule has 2 atom stereocenters. The number of aryl methyl sites for hydroxylation is 1. The van der Waals surface area contributed by atoms with Crippen molar-refractivity contribution in [3.05, 3.63) is 47.7 Å². The van der Waals surface area contributed by atoms with Gasteiger partial charge >= 0.3 is 6.01 Å². The SMILES string of the molecule is CCc1c(F)ccc2cc(OCOC)cc(-c3ncc4c(N5CCS(=N)(=O)CC5)nc(OC[C@@]56CCCN5C[C@H](F)C6)nc4c3F)c12. The molecular formula is C33H37F3N6O4S. The molecule has 3 fully saturated rings. The molecule has 4 aromatic rings. The minimum absolute atomic E-state index is 0.0414. The molecule has 10 nitrogen and oxygen atoms in total. The van der Waals surface area contributed by atoms with Crippen molar-refractivity contribution in [2.24, 2.45) is 0 Å². The zero-order chi connectivity index (χ0) is 32.9. The summed E-state index contributed by atoms with van der Waals surface area (Å²) in [6.07, 6.45) is 2.98. The lowest BCUT2D eigenvalue weighted by atomic mass is 9.94. The summed E-state index contributed by atoms with van der Waals surface area (Å²) < 4.78 is 84.0. The van der Waals surface area contributed by atoms with Crippen LogP contribution in [0.25, 0.3) is 32.9 Å². The molecule has 3 aliphatic heterocycles. The molecule has 47 heavy (non-hydrogen) atoms. The van der Waals surface area contributed by atoms with E-state index in [4.69, 9.17) is 19.0 Å². The van der Waals surface area contributed by atoms with Crippen molar-refractivity contribution >= 4 is 37.2 Å². The molecule has 3 saturated heterocycles. The molecule has 0 radical (unpaired) electrons. The average molecular weight is 671 g/mol. The molecule has 250 valence electrons. The van der Waals surface area contributed by atoms with Crippen molar-refractivity contribution in [1.29, 1.82) is 4.78 Å². The summed E-state index contributed by atoms with van der Waals surface area (Å²) in [4.78, 5) is 17.7. The van der Waals surface area contributed by atoms with Crippen molar-refractivity contribution in [3.8, 4) is 23.0 Å². The molecule has 2 aromatic carbocycles. The van der Waals surface area contributed by atoms with Crippen LogP contribution < -0.4 is 14.4 Å². The van der Waals surface area contributed by atoms with Gasteiger partial charge in [-0.3, -0.25) is 14.7 Å². The number of hydrogen-bond acceptors (Lipinski definition) is 10. The van der Waals surface area contributed by atoms with Gasteiger partial charge < -0.3 is 19.1 Å². The summed E-state index contributed by atoms with van der Waals surface area (Å²) in [5, 5.41) is 1.48. The van der Waals surface area contributed by atoms with Gasteiger partial charge in [-0.05, 0) is 60.3 Å². The summed E-state index contributed by atoms with van der Waals surface area (Å²) in [6, 6.07) is 6.31. The molecule has 3 aliphatic rings. The molecular weight excluding hydrogens is 633 g/mol. The molecule has 2 aromatic heterocycles. The summed E-state index contributed by atoms with van der Waals surface area (Å²) in [7, 11) is -1.22. The molecule has 0 aliphatic carbocycles. The van der Waals surface area contributed by atoms with Crippen LogP contribution >= 0.6 is 0 Å². The Balaban J connectivity index is 1.38. The number of fused-ring (bicyclic) bond motifs is 3. The third kappa shape index (κ3) is 5.84. The first-order valence-electron chi connectivity index (χ1n) is 15.9. The van der Waals surface area contributed by atoms with Gasteiger partial charge in [-0.25, -0.2) is 17.4 Å². The number of methoxy groups -OCH3 is 1. The standard InChI is InChI=1S/C33H37F3N6O4S/c1-3-23-26(35)6-5-20-13-22(46-19-44-2)14-24(27(20)23)29-28(36)30-25(16-38-29)31(41-9-11-47(37,43)12-10-41)40-32(39-30)45-18-33-7-4-8-42(33)17-21(34)15-33/h5-6,13-14,16,21,37H,3-4,7-12,15,17-19H2,1-2H3/t21-,33+/m1/s1. The van der Waals surface area contributed by atoms with Gasteiger partial charge in [-0.2, -0.15) is 9.97 Å². The normalized spacial score (nSPS) is 22.7. The molecule has 0 unspecified atom stereocenters. The monoisotopic (exact) mass is 670 g/mol. The molecule has 14 heteroatoms. The van der Waals surface area contributed by atoms with Gasteiger partial charge in [0.15, 0.2) is 12.6 Å². The van der Waals surface area contributed by atoms with E-state index < -0.39 is 33.1 Å². The van der Waals surface area contributed by atoms with Crippen LogP contribution in [0.4, 0.5) is 19.0 Å². The van der Waals surface area contributed by atoms with Crippen molar-refractivity contribution < 1.29 is 31.6 Å². The molecule has 5 heterocycles. The van der Waals surface area contributed by atoms with Crippen molar-refractivity contribution in [2.75, 3.05) is 63.1 Å². The van der Waals surface area contributed by atoms with Crippen LogP contribution in [0.15, 0.2) is 30.5 Å². The van der Waals surface area contributed by atoms with Gasteiger partial charge in [-0.15, -0.1) is 0 Å². The van der Waals surface area contributed by atoms with E-state index in [1.807, 2.05) is 11.8 Å². The van der Waals surface area contributed by atoms with E-state index in [1.54, 1.807) is 18.2 Å². The Labute approximate surface area is 271 Å². The lowest BCUT2D eigenvalue weighted by Gasteiger charge is -2.32. The first-order chi connectivity index (χ1) is 22.6. The fourth-order valence-corrected chi connectivity index (χ4v) is 8.57. The predicted molar refractivity (Wildman–Crippen MR) is 173 cm³/mol. The van der Waals surface area contributed by atoms with Gasteiger partial charge in [0.1, 0.15) is 41.4 Å². The molecule has 1 N–H and O–H groups in total. The van der Waals surface area contributed by atoms with E-state index in [0.29, 0.717) is 58.2 Å². The Bertz CT molecular complexity index is 1950. The number of halogens is 3. The van der Waals surface area contributed by atoms with Crippen LogP contribution in [0.1, 0.15) is 31.7 Å². The topological polar surface area (TPSA) is 114 Å². The zero-order valence-corrected chi connectivity index (χ0v) is 27.2. The Kier molecular flexibility index (Phi) is 8.37. The summed E-state index contributed by atoms with van der Waals surface area (Å²) in [5.74, 6) is -0.122. The maximum atomic E-state index is 16.9. The van der Waals surface area contributed by atoms with Crippen molar-refractivity contribution in [2.45, 2.75) is 44.3 Å². The first-order valence-corrected chi connectivity index (χ1v) is 17.8. The van der Waals surface area contributed by atoms with Crippen LogP contribution in [0, 0.1) is 16.4 Å². The second-order valence-electron chi connectivity index (χ2n) is 12.6. The van der Waals surface area contributed by atoms with E-state index >= 15 is 8.78 Å². The average Bonchev–Trinajstić information content (AvgIpc) is 3.58. The van der Waals surface area contributed by atoms with E-state index in [0.717, 1.165) is 19.4 Å². The Morgan fingerprint density at radius 2 is 1.94 bits per heavy atom. The van der Waals surface area contributed by atoms with E-state index in [1.165, 1.54) is 19.4 Å². The molecule has 0 spiro atoms. The lowest BCUT2D eigenvalue weighted by molar-refractivity contribution is 0.0512. The Hall–Kier alpha value is -3.75. The predicted octanol–water partition coefficient (Wildman–Crippen LogP) is 5.49. The number of alkyl halides is 1. The first kappa shape index (κ1) is 31.8. The highest BCUT2D eigenvalue weighted by Gasteiger charge is 2.49. The maximum Gasteiger partial charge on any atom is 0.319 e. The second kappa shape index (κ2) is 12.4. The number of anilines is 1. The summed E-state index contributed by atoms with van der Waals surface area (Å²) in [5.41, 5.74) is 0.183. The molecule has 0 amide bonds. The number of aromatic nitrogens is 3. The maximum absolute atomic E-state index is 16.9. The third-order valence-corrected chi connectivity index (χ3v) is 11.3. The van der Waals surface area contributed by atoms with Gasteiger partial charge in [0, 0.05) is 66.2 Å².